The van der Waals surface area contributed by atoms with Crippen LogP contribution >= 0.6 is 0 Å². The molecule has 0 atom stereocenters. The van der Waals surface area contributed by atoms with Crippen LogP contribution in [-0.4, -0.2) is 9.97 Å². The molecule has 1 aromatic carbocycles. The molecule has 0 amide bonds. The summed E-state index contributed by atoms with van der Waals surface area (Å²) < 4.78 is 0. The smallest absolute Gasteiger partial charge is 0.115 e. The lowest BCUT2D eigenvalue weighted by Gasteiger charge is -2.06. The van der Waals surface area contributed by atoms with E-state index in [1.54, 1.807) is 0 Å². The second kappa shape index (κ2) is 4.19. The third-order valence-corrected chi connectivity index (χ3v) is 2.40. The number of benzene rings is 1. The van der Waals surface area contributed by atoms with Crippen molar-refractivity contribution < 1.29 is 0 Å². The molecular formula is C12H13N3. The van der Waals surface area contributed by atoms with Crippen molar-refractivity contribution in [3.63, 3.8) is 0 Å². The Labute approximate surface area is 89.0 Å². The molecule has 0 fully saturated rings. The zero-order valence-electron chi connectivity index (χ0n) is 8.64. The summed E-state index contributed by atoms with van der Waals surface area (Å²) in [6.07, 6.45) is 5.17. The van der Waals surface area contributed by atoms with Crippen molar-refractivity contribution in [2.45, 2.75) is 13.5 Å². The molecule has 0 spiro atoms. The SMILES string of the molecule is Cc1cc(CN)ccc1-c1cncnc1. The third kappa shape index (κ3) is 2.02. The summed E-state index contributed by atoms with van der Waals surface area (Å²) in [5.41, 5.74) is 10.1. The molecule has 2 rings (SSSR count). The van der Waals surface area contributed by atoms with Crippen molar-refractivity contribution in [3.05, 3.63) is 48.0 Å². The first-order valence-corrected chi connectivity index (χ1v) is 4.86. The van der Waals surface area contributed by atoms with E-state index in [9.17, 15) is 0 Å². The van der Waals surface area contributed by atoms with Crippen molar-refractivity contribution in [1.82, 2.24) is 9.97 Å². The van der Waals surface area contributed by atoms with Gasteiger partial charge in [-0.15, -0.1) is 0 Å². The molecule has 0 unspecified atom stereocenters. The topological polar surface area (TPSA) is 51.8 Å². The maximum Gasteiger partial charge on any atom is 0.115 e. The van der Waals surface area contributed by atoms with Gasteiger partial charge in [-0.1, -0.05) is 18.2 Å². The second-order valence-electron chi connectivity index (χ2n) is 3.48. The Bertz CT molecular complexity index is 452. The normalized spacial score (nSPS) is 10.3. The highest BCUT2D eigenvalue weighted by Crippen LogP contribution is 2.22. The number of hydrogen-bond donors (Lipinski definition) is 1. The van der Waals surface area contributed by atoms with Gasteiger partial charge in [-0.2, -0.15) is 0 Å². The van der Waals surface area contributed by atoms with E-state index >= 15 is 0 Å². The lowest BCUT2D eigenvalue weighted by atomic mass is 10.0. The molecule has 0 radical (unpaired) electrons. The predicted octanol–water partition coefficient (Wildman–Crippen LogP) is 1.91. The molecule has 0 bridgehead atoms. The fourth-order valence-corrected chi connectivity index (χ4v) is 1.61. The fraction of sp³-hybridized carbons (Fsp3) is 0.167. The molecule has 3 nitrogen and oxygen atoms in total. The minimum absolute atomic E-state index is 0.576. The van der Waals surface area contributed by atoms with Crippen molar-refractivity contribution >= 4 is 0 Å². The van der Waals surface area contributed by atoms with E-state index in [1.165, 1.54) is 11.9 Å². The number of nitrogens with two attached hydrogens (primary N) is 1. The average molecular weight is 199 g/mol. The van der Waals surface area contributed by atoms with Crippen molar-refractivity contribution in [2.24, 2.45) is 5.73 Å². The molecule has 0 aliphatic carbocycles. The van der Waals surface area contributed by atoms with E-state index in [4.69, 9.17) is 5.73 Å². The highest BCUT2D eigenvalue weighted by molar-refractivity contribution is 5.65. The molecule has 76 valence electrons. The standard InChI is InChI=1S/C12H13N3/c1-9-4-10(5-13)2-3-12(9)11-6-14-8-15-7-11/h2-4,6-8H,5,13H2,1H3. The quantitative estimate of drug-likeness (QED) is 0.803. The van der Waals surface area contributed by atoms with Crippen molar-refractivity contribution in [3.8, 4) is 11.1 Å². The van der Waals surface area contributed by atoms with E-state index in [2.05, 4.69) is 29.0 Å². The third-order valence-electron chi connectivity index (χ3n) is 2.40. The molecule has 0 saturated carbocycles. The van der Waals surface area contributed by atoms with E-state index in [-0.39, 0.29) is 0 Å². The number of aryl methyl sites for hydroxylation is 1. The summed E-state index contributed by atoms with van der Waals surface area (Å²) in [7, 11) is 0. The number of rotatable bonds is 2. The Morgan fingerprint density at radius 1 is 1.20 bits per heavy atom. The first-order chi connectivity index (χ1) is 7.31. The lowest BCUT2D eigenvalue weighted by Crippen LogP contribution is -1.97. The monoisotopic (exact) mass is 199 g/mol. The van der Waals surface area contributed by atoms with Gasteiger partial charge in [0, 0.05) is 24.5 Å². The maximum absolute atomic E-state index is 5.58. The summed E-state index contributed by atoms with van der Waals surface area (Å²) in [5, 5.41) is 0. The number of nitrogens with zero attached hydrogens (tertiary/aromatic N) is 2. The Morgan fingerprint density at radius 3 is 2.53 bits per heavy atom. The molecule has 3 heteroatoms. The van der Waals surface area contributed by atoms with Gasteiger partial charge in [0.1, 0.15) is 6.33 Å². The van der Waals surface area contributed by atoms with E-state index in [0.29, 0.717) is 6.54 Å². The van der Waals surface area contributed by atoms with Crippen LogP contribution in [0.2, 0.25) is 0 Å². The molecule has 0 aliphatic heterocycles. The molecule has 2 aromatic rings. The van der Waals surface area contributed by atoms with Gasteiger partial charge in [-0.05, 0) is 23.6 Å². The van der Waals surface area contributed by atoms with Crippen LogP contribution in [0, 0.1) is 6.92 Å². The Kier molecular flexibility index (Phi) is 2.74. The van der Waals surface area contributed by atoms with Gasteiger partial charge in [0.25, 0.3) is 0 Å². The van der Waals surface area contributed by atoms with E-state index < -0.39 is 0 Å². The van der Waals surface area contributed by atoms with Gasteiger partial charge in [-0.25, -0.2) is 9.97 Å². The Morgan fingerprint density at radius 2 is 1.93 bits per heavy atom. The fourth-order valence-electron chi connectivity index (χ4n) is 1.61. The largest absolute Gasteiger partial charge is 0.326 e. The summed E-state index contributed by atoms with van der Waals surface area (Å²) in [6, 6.07) is 6.20. The zero-order valence-corrected chi connectivity index (χ0v) is 8.64. The van der Waals surface area contributed by atoms with Crippen LogP contribution in [0.1, 0.15) is 11.1 Å². The van der Waals surface area contributed by atoms with Crippen LogP contribution in [0.4, 0.5) is 0 Å². The van der Waals surface area contributed by atoms with Gasteiger partial charge < -0.3 is 5.73 Å². The van der Waals surface area contributed by atoms with E-state index in [0.717, 1.165) is 16.7 Å². The zero-order chi connectivity index (χ0) is 10.7. The molecule has 2 N–H and O–H groups in total. The summed E-state index contributed by atoms with van der Waals surface area (Å²) in [4.78, 5) is 8.02. The van der Waals surface area contributed by atoms with Gasteiger partial charge in [0.2, 0.25) is 0 Å². The number of aromatic nitrogens is 2. The van der Waals surface area contributed by atoms with Crippen LogP contribution in [0.25, 0.3) is 11.1 Å². The van der Waals surface area contributed by atoms with Gasteiger partial charge in [0.05, 0.1) is 0 Å². The van der Waals surface area contributed by atoms with Crippen LogP contribution in [0.15, 0.2) is 36.9 Å². The van der Waals surface area contributed by atoms with Crippen LogP contribution in [0.3, 0.4) is 0 Å². The summed E-state index contributed by atoms with van der Waals surface area (Å²) >= 11 is 0. The van der Waals surface area contributed by atoms with Crippen molar-refractivity contribution in [2.75, 3.05) is 0 Å². The molecule has 15 heavy (non-hydrogen) atoms. The minimum Gasteiger partial charge on any atom is -0.326 e. The molecule has 0 aliphatic rings. The second-order valence-corrected chi connectivity index (χ2v) is 3.48. The molecule has 1 heterocycles. The summed E-state index contributed by atoms with van der Waals surface area (Å²) in [6.45, 7) is 2.65. The molecule has 1 aromatic heterocycles. The lowest BCUT2D eigenvalue weighted by molar-refractivity contribution is 1.07. The van der Waals surface area contributed by atoms with Gasteiger partial charge in [0.15, 0.2) is 0 Å². The first kappa shape index (κ1) is 9.80. The van der Waals surface area contributed by atoms with E-state index in [1.807, 2.05) is 18.5 Å². The first-order valence-electron chi connectivity index (χ1n) is 4.86. The molecular weight excluding hydrogens is 186 g/mol. The van der Waals surface area contributed by atoms with Crippen molar-refractivity contribution in [1.29, 1.82) is 0 Å². The van der Waals surface area contributed by atoms with Crippen LogP contribution in [-0.2, 0) is 6.54 Å². The average Bonchev–Trinajstić information content (AvgIpc) is 2.30. The summed E-state index contributed by atoms with van der Waals surface area (Å²) in [5.74, 6) is 0. The van der Waals surface area contributed by atoms with Crippen LogP contribution in [0.5, 0.6) is 0 Å². The predicted molar refractivity (Wildman–Crippen MR) is 60.1 cm³/mol. The highest BCUT2D eigenvalue weighted by atomic mass is 14.8. The number of hydrogen-bond acceptors (Lipinski definition) is 3. The van der Waals surface area contributed by atoms with Crippen LogP contribution < -0.4 is 5.73 Å². The maximum atomic E-state index is 5.58. The Balaban J connectivity index is 2.46. The van der Waals surface area contributed by atoms with Gasteiger partial charge >= 0.3 is 0 Å². The highest BCUT2D eigenvalue weighted by Gasteiger charge is 2.02. The van der Waals surface area contributed by atoms with Gasteiger partial charge in [-0.3, -0.25) is 0 Å². The molecule has 0 saturated heterocycles. The minimum atomic E-state index is 0.576. The Hall–Kier alpha value is -1.74.